The number of nitro benzene ring substituents is 1. The Bertz CT molecular complexity index is 624. The summed E-state index contributed by atoms with van der Waals surface area (Å²) in [4.78, 5) is 25.3. The molecule has 0 heterocycles. The molecule has 0 amide bonds. The highest BCUT2D eigenvalue weighted by atomic mass is 32.1. The monoisotopic (exact) mass is 328 g/mol. The van der Waals surface area contributed by atoms with Gasteiger partial charge in [-0.15, -0.1) is 0 Å². The molecule has 1 aromatic carbocycles. The van der Waals surface area contributed by atoms with E-state index in [4.69, 9.17) is 9.84 Å². The average Bonchev–Trinajstić information content (AvgIpc) is 2.38. The fourth-order valence-electron chi connectivity index (χ4n) is 1.68. The number of ether oxygens (including phenoxy) is 1. The molecule has 0 aliphatic carbocycles. The van der Waals surface area contributed by atoms with Crippen molar-refractivity contribution in [1.82, 2.24) is 0 Å². The Balaban J connectivity index is 3.31. The quantitative estimate of drug-likeness (QED) is 0.317. The third-order valence-electron chi connectivity index (χ3n) is 2.79. The lowest BCUT2D eigenvalue weighted by Crippen LogP contribution is -2.36. The SMILES string of the molecule is COc1cc([N+](=O)[O-])cc(C=N[C@@H](C(=O)O)C(C)(C)S)c1O. The van der Waals surface area contributed by atoms with Crippen LogP contribution in [0.1, 0.15) is 19.4 Å². The number of nitro groups is 1. The number of phenols is 1. The lowest BCUT2D eigenvalue weighted by Gasteiger charge is -2.22. The first-order chi connectivity index (χ1) is 10.1. The summed E-state index contributed by atoms with van der Waals surface area (Å²) in [5, 5.41) is 29.9. The Hall–Kier alpha value is -2.29. The van der Waals surface area contributed by atoms with Crippen LogP contribution in [0.25, 0.3) is 0 Å². The van der Waals surface area contributed by atoms with Gasteiger partial charge in [0.05, 0.1) is 18.1 Å². The van der Waals surface area contributed by atoms with Crippen LogP contribution in [0.3, 0.4) is 0 Å². The standard InChI is InChI=1S/C13H16N2O6S/c1-13(2,22)11(12(17)18)14-6-7-4-8(15(19)20)5-9(21-3)10(7)16/h4-6,11,16,22H,1-3H3,(H,17,18)/t11-/m0/s1. The number of aromatic hydroxyl groups is 1. The van der Waals surface area contributed by atoms with Gasteiger partial charge in [0.1, 0.15) is 0 Å². The van der Waals surface area contributed by atoms with E-state index in [1.54, 1.807) is 13.8 Å². The Morgan fingerprint density at radius 1 is 1.55 bits per heavy atom. The number of nitrogens with zero attached hydrogens (tertiary/aromatic N) is 2. The minimum absolute atomic E-state index is 0.0186. The van der Waals surface area contributed by atoms with Gasteiger partial charge in [-0.3, -0.25) is 15.1 Å². The zero-order chi connectivity index (χ0) is 17.1. The van der Waals surface area contributed by atoms with Gasteiger partial charge in [-0.05, 0) is 13.8 Å². The number of non-ortho nitro benzene ring substituents is 1. The first kappa shape index (κ1) is 17.8. The topological polar surface area (TPSA) is 122 Å². The second-order valence-corrected chi connectivity index (χ2v) is 6.17. The van der Waals surface area contributed by atoms with Crippen molar-refractivity contribution in [2.24, 2.45) is 4.99 Å². The number of carboxylic acid groups (broad SMARTS) is 1. The number of aliphatic imine (C=N–C) groups is 1. The molecular formula is C13H16N2O6S. The van der Waals surface area contributed by atoms with Crippen molar-refractivity contribution in [2.75, 3.05) is 7.11 Å². The Kier molecular flexibility index (Phi) is 5.37. The Labute approximate surface area is 132 Å². The predicted octanol–water partition coefficient (Wildman–Crippen LogP) is 1.89. The number of thiol groups is 1. The number of carbonyl (C=O) groups is 1. The molecule has 0 fully saturated rings. The molecule has 0 radical (unpaired) electrons. The highest BCUT2D eigenvalue weighted by Gasteiger charge is 2.31. The van der Waals surface area contributed by atoms with Crippen molar-refractivity contribution in [1.29, 1.82) is 0 Å². The van der Waals surface area contributed by atoms with E-state index in [0.29, 0.717) is 0 Å². The van der Waals surface area contributed by atoms with Crippen LogP contribution < -0.4 is 4.74 Å². The molecule has 0 saturated heterocycles. The Morgan fingerprint density at radius 3 is 2.55 bits per heavy atom. The number of rotatable bonds is 6. The molecule has 1 aromatic rings. The molecule has 0 aromatic heterocycles. The minimum atomic E-state index is -1.20. The number of aliphatic carboxylic acids is 1. The third kappa shape index (κ3) is 4.10. The molecule has 0 aliphatic heterocycles. The van der Waals surface area contributed by atoms with E-state index in [0.717, 1.165) is 18.3 Å². The molecule has 0 spiro atoms. The molecule has 2 N–H and O–H groups in total. The van der Waals surface area contributed by atoms with Crippen LogP contribution >= 0.6 is 12.6 Å². The van der Waals surface area contributed by atoms with Crippen molar-refractivity contribution in [3.8, 4) is 11.5 Å². The van der Waals surface area contributed by atoms with Crippen LogP contribution in [0.4, 0.5) is 5.69 Å². The zero-order valence-electron chi connectivity index (χ0n) is 12.2. The molecule has 0 aliphatic rings. The number of hydrogen-bond acceptors (Lipinski definition) is 7. The first-order valence-corrected chi connectivity index (χ1v) is 6.56. The maximum atomic E-state index is 11.2. The maximum Gasteiger partial charge on any atom is 0.329 e. The van der Waals surface area contributed by atoms with Crippen molar-refractivity contribution in [3.05, 3.63) is 27.8 Å². The fraction of sp³-hybridized carbons (Fsp3) is 0.385. The van der Waals surface area contributed by atoms with Crippen LogP contribution in [-0.4, -0.2) is 45.2 Å². The van der Waals surface area contributed by atoms with E-state index >= 15 is 0 Å². The molecule has 0 saturated carbocycles. The highest BCUT2D eigenvalue weighted by molar-refractivity contribution is 7.81. The van der Waals surface area contributed by atoms with E-state index in [1.807, 2.05) is 0 Å². The van der Waals surface area contributed by atoms with Crippen LogP contribution in [0, 0.1) is 10.1 Å². The summed E-state index contributed by atoms with van der Waals surface area (Å²) in [5.41, 5.74) is -0.331. The summed E-state index contributed by atoms with van der Waals surface area (Å²) >= 11 is 4.16. The first-order valence-electron chi connectivity index (χ1n) is 6.11. The molecule has 22 heavy (non-hydrogen) atoms. The van der Waals surface area contributed by atoms with Gasteiger partial charge in [-0.2, -0.15) is 12.6 Å². The van der Waals surface area contributed by atoms with Gasteiger partial charge in [0.2, 0.25) is 0 Å². The number of carboxylic acids is 1. The van der Waals surface area contributed by atoms with Gasteiger partial charge in [0, 0.05) is 22.6 Å². The van der Waals surface area contributed by atoms with Crippen LogP contribution in [0.2, 0.25) is 0 Å². The number of benzene rings is 1. The highest BCUT2D eigenvalue weighted by Crippen LogP contribution is 2.33. The number of methoxy groups -OCH3 is 1. The number of phenolic OH excluding ortho intramolecular Hbond substituents is 1. The summed E-state index contributed by atoms with van der Waals surface area (Å²) in [6.45, 7) is 3.14. The van der Waals surface area contributed by atoms with Crippen molar-refractivity contribution in [3.63, 3.8) is 0 Å². The van der Waals surface area contributed by atoms with Gasteiger partial charge in [-0.1, -0.05) is 0 Å². The summed E-state index contributed by atoms with van der Waals surface area (Å²) in [5.74, 6) is -1.67. The van der Waals surface area contributed by atoms with Crippen molar-refractivity contribution in [2.45, 2.75) is 24.6 Å². The zero-order valence-corrected chi connectivity index (χ0v) is 13.1. The maximum absolute atomic E-state index is 11.2. The van der Waals surface area contributed by atoms with Crippen LogP contribution in [0.5, 0.6) is 11.5 Å². The van der Waals surface area contributed by atoms with E-state index in [2.05, 4.69) is 17.6 Å². The second kappa shape index (κ2) is 6.65. The molecule has 120 valence electrons. The van der Waals surface area contributed by atoms with Gasteiger partial charge < -0.3 is 14.9 Å². The van der Waals surface area contributed by atoms with Crippen LogP contribution in [-0.2, 0) is 4.79 Å². The molecule has 9 heteroatoms. The number of hydrogen-bond donors (Lipinski definition) is 3. The van der Waals surface area contributed by atoms with Crippen LogP contribution in [0.15, 0.2) is 17.1 Å². The van der Waals surface area contributed by atoms with E-state index in [1.165, 1.54) is 7.11 Å². The normalized spacial score (nSPS) is 13.1. The summed E-state index contributed by atoms with van der Waals surface area (Å²) in [7, 11) is 1.25. The molecule has 0 unspecified atom stereocenters. The van der Waals surface area contributed by atoms with E-state index in [-0.39, 0.29) is 22.7 Å². The summed E-state index contributed by atoms with van der Waals surface area (Å²) in [6.07, 6.45) is 1.06. The summed E-state index contributed by atoms with van der Waals surface area (Å²) < 4.78 is 3.89. The molecule has 1 rings (SSSR count). The van der Waals surface area contributed by atoms with Gasteiger partial charge in [-0.25, -0.2) is 4.79 Å². The van der Waals surface area contributed by atoms with Gasteiger partial charge in [0.15, 0.2) is 17.5 Å². The lowest BCUT2D eigenvalue weighted by molar-refractivity contribution is -0.385. The molecule has 0 bridgehead atoms. The molecular weight excluding hydrogens is 312 g/mol. The fourth-order valence-corrected chi connectivity index (χ4v) is 1.85. The van der Waals surface area contributed by atoms with Crippen molar-refractivity contribution < 1.29 is 24.7 Å². The van der Waals surface area contributed by atoms with E-state index in [9.17, 15) is 20.0 Å². The van der Waals surface area contributed by atoms with E-state index < -0.39 is 21.7 Å². The van der Waals surface area contributed by atoms with Gasteiger partial charge >= 0.3 is 5.97 Å². The lowest BCUT2D eigenvalue weighted by atomic mass is 10.0. The van der Waals surface area contributed by atoms with Gasteiger partial charge in [0.25, 0.3) is 5.69 Å². The minimum Gasteiger partial charge on any atom is -0.504 e. The molecule has 8 nitrogen and oxygen atoms in total. The Morgan fingerprint density at radius 2 is 2.14 bits per heavy atom. The third-order valence-corrected chi connectivity index (χ3v) is 3.03. The molecule has 1 atom stereocenters. The second-order valence-electron chi connectivity index (χ2n) is 5.02. The van der Waals surface area contributed by atoms with Crippen molar-refractivity contribution >= 4 is 30.5 Å². The largest absolute Gasteiger partial charge is 0.504 e. The average molecular weight is 328 g/mol. The summed E-state index contributed by atoms with van der Waals surface area (Å²) in [6, 6.07) is 0.941. The smallest absolute Gasteiger partial charge is 0.329 e. The predicted molar refractivity (Wildman–Crippen MR) is 83.4 cm³/mol.